The van der Waals surface area contributed by atoms with Crippen LogP contribution in [0.4, 0.5) is 11.4 Å². The molecular formula is C13H17ClN2O3. The minimum Gasteiger partial charge on any atom is -0.393 e. The Kier molecular flexibility index (Phi) is 4.27. The molecule has 104 valence electrons. The fourth-order valence-corrected chi connectivity index (χ4v) is 2.78. The Balaban J connectivity index is 2.19. The lowest BCUT2D eigenvalue weighted by Crippen LogP contribution is -2.39. The van der Waals surface area contributed by atoms with Gasteiger partial charge >= 0.3 is 0 Å². The highest BCUT2D eigenvalue weighted by Gasteiger charge is 2.25. The number of nitro benzene ring substituents is 1. The topological polar surface area (TPSA) is 66.6 Å². The lowest BCUT2D eigenvalue weighted by Gasteiger charge is -2.36. The van der Waals surface area contributed by atoms with Crippen LogP contribution in [0.2, 0.25) is 5.02 Å². The molecule has 6 heteroatoms. The first-order chi connectivity index (χ1) is 8.99. The molecule has 0 amide bonds. The van der Waals surface area contributed by atoms with Crippen LogP contribution in [0.15, 0.2) is 18.2 Å². The maximum absolute atomic E-state index is 10.7. The number of hydrogen-bond acceptors (Lipinski definition) is 4. The van der Waals surface area contributed by atoms with Crippen LogP contribution < -0.4 is 4.90 Å². The highest BCUT2D eigenvalue weighted by atomic mass is 35.5. The van der Waals surface area contributed by atoms with E-state index >= 15 is 0 Å². The summed E-state index contributed by atoms with van der Waals surface area (Å²) in [6, 6.07) is 4.53. The van der Waals surface area contributed by atoms with Gasteiger partial charge in [0.2, 0.25) is 0 Å². The van der Waals surface area contributed by atoms with Crippen LogP contribution in [-0.4, -0.2) is 29.2 Å². The normalized spacial score (nSPS) is 21.2. The predicted octanol–water partition coefficient (Wildman–Crippen LogP) is 2.85. The van der Waals surface area contributed by atoms with E-state index in [1.54, 1.807) is 13.0 Å². The molecular weight excluding hydrogens is 268 g/mol. The number of nitrogens with zero attached hydrogens (tertiary/aromatic N) is 2. The van der Waals surface area contributed by atoms with Crippen molar-refractivity contribution in [3.8, 4) is 0 Å². The van der Waals surface area contributed by atoms with E-state index in [2.05, 4.69) is 4.90 Å². The van der Waals surface area contributed by atoms with E-state index in [1.807, 2.05) is 0 Å². The number of halogens is 1. The third-order valence-electron chi connectivity index (χ3n) is 3.62. The van der Waals surface area contributed by atoms with Gasteiger partial charge in [-0.1, -0.05) is 11.6 Å². The van der Waals surface area contributed by atoms with Crippen LogP contribution in [0.25, 0.3) is 0 Å². The molecule has 1 heterocycles. The maximum atomic E-state index is 10.7. The zero-order chi connectivity index (χ0) is 14.0. The minimum absolute atomic E-state index is 0.00200. The molecule has 1 saturated heterocycles. The van der Waals surface area contributed by atoms with Gasteiger partial charge < -0.3 is 10.0 Å². The monoisotopic (exact) mass is 284 g/mol. The van der Waals surface area contributed by atoms with Gasteiger partial charge in [-0.15, -0.1) is 0 Å². The van der Waals surface area contributed by atoms with E-state index in [-0.39, 0.29) is 17.7 Å². The van der Waals surface area contributed by atoms with Gasteiger partial charge in [0.1, 0.15) is 0 Å². The molecule has 1 N–H and O–H groups in total. The van der Waals surface area contributed by atoms with Gasteiger partial charge in [-0.25, -0.2) is 0 Å². The van der Waals surface area contributed by atoms with Crippen molar-refractivity contribution < 1.29 is 10.0 Å². The Morgan fingerprint density at radius 2 is 2.32 bits per heavy atom. The first-order valence-electron chi connectivity index (χ1n) is 6.36. The standard InChI is InChI=1S/C13H17ClN2O3/c1-9(17)10-3-2-6-15(8-10)13-5-4-11(16(18)19)7-12(13)14/h4-5,7,9-10,17H,2-3,6,8H2,1H3. The van der Waals surface area contributed by atoms with Crippen molar-refractivity contribution >= 4 is 23.0 Å². The van der Waals surface area contributed by atoms with Gasteiger partial charge in [0.15, 0.2) is 0 Å². The number of benzene rings is 1. The highest BCUT2D eigenvalue weighted by Crippen LogP contribution is 2.33. The van der Waals surface area contributed by atoms with Crippen molar-refractivity contribution in [2.75, 3.05) is 18.0 Å². The van der Waals surface area contributed by atoms with Crippen LogP contribution in [-0.2, 0) is 0 Å². The summed E-state index contributed by atoms with van der Waals surface area (Å²) in [5.74, 6) is 0.222. The van der Waals surface area contributed by atoms with Crippen molar-refractivity contribution in [3.05, 3.63) is 33.3 Å². The van der Waals surface area contributed by atoms with Crippen molar-refractivity contribution in [2.45, 2.75) is 25.9 Å². The van der Waals surface area contributed by atoms with Crippen LogP contribution in [0, 0.1) is 16.0 Å². The van der Waals surface area contributed by atoms with Crippen LogP contribution in [0.1, 0.15) is 19.8 Å². The number of nitro groups is 1. The molecule has 5 nitrogen and oxygen atoms in total. The molecule has 0 aliphatic carbocycles. The van der Waals surface area contributed by atoms with Gasteiger partial charge in [-0.3, -0.25) is 10.1 Å². The first-order valence-corrected chi connectivity index (χ1v) is 6.74. The molecule has 0 spiro atoms. The van der Waals surface area contributed by atoms with E-state index in [1.165, 1.54) is 12.1 Å². The number of rotatable bonds is 3. The summed E-state index contributed by atoms with van der Waals surface area (Å²) in [6.45, 7) is 3.39. The molecule has 2 unspecified atom stereocenters. The Morgan fingerprint density at radius 3 is 2.89 bits per heavy atom. The number of non-ortho nitro benzene ring substituents is 1. The average molecular weight is 285 g/mol. The molecule has 1 aromatic carbocycles. The molecule has 2 atom stereocenters. The fourth-order valence-electron chi connectivity index (χ4n) is 2.49. The van der Waals surface area contributed by atoms with Crippen molar-refractivity contribution in [1.29, 1.82) is 0 Å². The number of aliphatic hydroxyl groups excluding tert-OH is 1. The molecule has 1 aliphatic rings. The Morgan fingerprint density at radius 1 is 1.58 bits per heavy atom. The first kappa shape index (κ1) is 14.1. The summed E-state index contributed by atoms with van der Waals surface area (Å²) in [4.78, 5) is 12.3. The number of aliphatic hydroxyl groups is 1. The third kappa shape index (κ3) is 3.16. The molecule has 19 heavy (non-hydrogen) atoms. The minimum atomic E-state index is -0.454. The lowest BCUT2D eigenvalue weighted by molar-refractivity contribution is -0.384. The summed E-state index contributed by atoms with van der Waals surface area (Å²) in [6.07, 6.45) is 1.64. The molecule has 1 aliphatic heterocycles. The quantitative estimate of drug-likeness (QED) is 0.685. The fraction of sp³-hybridized carbons (Fsp3) is 0.538. The van der Waals surface area contributed by atoms with Crippen LogP contribution >= 0.6 is 11.6 Å². The number of anilines is 1. The van der Waals surface area contributed by atoms with Gasteiger partial charge in [0.25, 0.3) is 5.69 Å². The van der Waals surface area contributed by atoms with Gasteiger partial charge in [0, 0.05) is 31.1 Å². The summed E-state index contributed by atoms with van der Waals surface area (Å²) >= 11 is 6.13. The molecule has 1 fully saturated rings. The van der Waals surface area contributed by atoms with Crippen LogP contribution in [0.5, 0.6) is 0 Å². The van der Waals surface area contributed by atoms with Crippen molar-refractivity contribution in [1.82, 2.24) is 0 Å². The Hall–Kier alpha value is -1.33. The predicted molar refractivity (Wildman–Crippen MR) is 74.7 cm³/mol. The van der Waals surface area contributed by atoms with Gasteiger partial charge in [-0.05, 0) is 25.8 Å². The zero-order valence-electron chi connectivity index (χ0n) is 10.8. The largest absolute Gasteiger partial charge is 0.393 e. The molecule has 0 saturated carbocycles. The summed E-state index contributed by atoms with van der Waals surface area (Å²) in [5.41, 5.74) is 0.801. The number of piperidine rings is 1. The van der Waals surface area contributed by atoms with Gasteiger partial charge in [0.05, 0.1) is 21.7 Å². The maximum Gasteiger partial charge on any atom is 0.271 e. The Bertz CT molecular complexity index is 479. The third-order valence-corrected chi connectivity index (χ3v) is 3.93. The second-order valence-corrected chi connectivity index (χ2v) is 5.39. The number of hydrogen-bond donors (Lipinski definition) is 1. The lowest BCUT2D eigenvalue weighted by atomic mass is 9.93. The molecule has 2 rings (SSSR count). The van der Waals surface area contributed by atoms with E-state index in [4.69, 9.17) is 11.6 Å². The summed E-state index contributed by atoms with van der Waals surface area (Å²) < 4.78 is 0. The second kappa shape index (κ2) is 5.75. The average Bonchev–Trinajstić information content (AvgIpc) is 2.38. The molecule has 0 aromatic heterocycles. The van der Waals surface area contributed by atoms with Crippen molar-refractivity contribution in [2.24, 2.45) is 5.92 Å². The van der Waals surface area contributed by atoms with Crippen molar-refractivity contribution in [3.63, 3.8) is 0 Å². The zero-order valence-corrected chi connectivity index (χ0v) is 11.5. The summed E-state index contributed by atoms with van der Waals surface area (Å²) in [5, 5.41) is 20.8. The Labute approximate surface area is 116 Å². The second-order valence-electron chi connectivity index (χ2n) is 4.98. The molecule has 1 aromatic rings. The van der Waals surface area contributed by atoms with E-state index in [9.17, 15) is 15.2 Å². The molecule has 0 bridgehead atoms. The van der Waals surface area contributed by atoms with Crippen LogP contribution in [0.3, 0.4) is 0 Å². The van der Waals surface area contributed by atoms with E-state index < -0.39 is 4.92 Å². The van der Waals surface area contributed by atoms with Gasteiger partial charge in [-0.2, -0.15) is 0 Å². The highest BCUT2D eigenvalue weighted by molar-refractivity contribution is 6.33. The molecule has 0 radical (unpaired) electrons. The summed E-state index contributed by atoms with van der Waals surface area (Å²) in [7, 11) is 0. The SMILES string of the molecule is CC(O)C1CCCN(c2ccc([N+](=O)[O-])cc2Cl)C1. The smallest absolute Gasteiger partial charge is 0.271 e. The van der Waals surface area contributed by atoms with E-state index in [0.29, 0.717) is 5.02 Å². The van der Waals surface area contributed by atoms with E-state index in [0.717, 1.165) is 31.6 Å².